The average Bonchev–Trinajstić information content (AvgIpc) is 2.61. The molecule has 0 saturated carbocycles. The van der Waals surface area contributed by atoms with Crippen LogP contribution in [0, 0.1) is 6.92 Å². The fraction of sp³-hybridized carbons (Fsp3) is 0.389. The first-order valence-corrected chi connectivity index (χ1v) is 10.0. The van der Waals surface area contributed by atoms with Crippen molar-refractivity contribution in [2.45, 2.75) is 36.9 Å². The Kier molecular flexibility index (Phi) is 5.43. The molecule has 1 fully saturated rings. The third-order valence-corrected chi connectivity index (χ3v) is 6.00. The lowest BCUT2D eigenvalue weighted by atomic mass is 10.1. The number of benzene rings is 1. The SMILES string of the molecule is Cc1cccc(N2CCC(NS(=O)(=O)c3cccc(C(F)(F)F)c3)CC2)n1. The zero-order chi connectivity index (χ0) is 19.7. The van der Waals surface area contributed by atoms with Crippen LogP contribution in [0.15, 0.2) is 47.4 Å². The minimum absolute atomic E-state index is 0.328. The number of aryl methyl sites for hydroxylation is 1. The number of pyridine rings is 1. The molecule has 2 aromatic rings. The Labute approximate surface area is 156 Å². The van der Waals surface area contributed by atoms with E-state index in [0.717, 1.165) is 23.6 Å². The molecule has 1 aliphatic heterocycles. The van der Waals surface area contributed by atoms with E-state index in [1.54, 1.807) is 0 Å². The molecule has 1 aromatic carbocycles. The minimum Gasteiger partial charge on any atom is -0.356 e. The van der Waals surface area contributed by atoms with Gasteiger partial charge in [-0.2, -0.15) is 13.2 Å². The van der Waals surface area contributed by atoms with Crippen molar-refractivity contribution in [3.05, 3.63) is 53.7 Å². The second kappa shape index (κ2) is 7.47. The maximum Gasteiger partial charge on any atom is 0.416 e. The van der Waals surface area contributed by atoms with Gasteiger partial charge in [-0.1, -0.05) is 12.1 Å². The van der Waals surface area contributed by atoms with E-state index in [2.05, 4.69) is 14.6 Å². The largest absolute Gasteiger partial charge is 0.416 e. The number of aromatic nitrogens is 1. The number of alkyl halides is 3. The summed E-state index contributed by atoms with van der Waals surface area (Å²) in [5.41, 5.74) is -0.0782. The van der Waals surface area contributed by atoms with Crippen molar-refractivity contribution in [2.24, 2.45) is 0 Å². The summed E-state index contributed by atoms with van der Waals surface area (Å²) in [6.07, 6.45) is -3.49. The first-order chi connectivity index (χ1) is 12.6. The molecule has 1 aromatic heterocycles. The van der Waals surface area contributed by atoms with E-state index in [1.807, 2.05) is 25.1 Å². The van der Waals surface area contributed by atoms with Gasteiger partial charge in [-0.25, -0.2) is 18.1 Å². The maximum absolute atomic E-state index is 12.8. The quantitative estimate of drug-likeness (QED) is 0.857. The topological polar surface area (TPSA) is 62.3 Å². The Morgan fingerprint density at radius 3 is 2.41 bits per heavy atom. The molecule has 3 rings (SSSR count). The molecule has 0 spiro atoms. The summed E-state index contributed by atoms with van der Waals surface area (Å²) in [4.78, 5) is 6.15. The van der Waals surface area contributed by atoms with Gasteiger partial charge >= 0.3 is 6.18 Å². The molecule has 0 unspecified atom stereocenters. The molecule has 9 heteroatoms. The summed E-state index contributed by atoms with van der Waals surface area (Å²) in [5, 5.41) is 0. The maximum atomic E-state index is 12.8. The summed E-state index contributed by atoms with van der Waals surface area (Å²) < 4.78 is 65.9. The van der Waals surface area contributed by atoms with Crippen molar-refractivity contribution in [1.29, 1.82) is 0 Å². The highest BCUT2D eigenvalue weighted by atomic mass is 32.2. The fourth-order valence-electron chi connectivity index (χ4n) is 3.06. The second-order valence-corrected chi connectivity index (χ2v) is 8.26. The van der Waals surface area contributed by atoms with Crippen LogP contribution in [0.4, 0.5) is 19.0 Å². The molecule has 0 amide bonds. The molecular formula is C18H20F3N3O2S. The molecule has 0 aliphatic carbocycles. The number of hydrogen-bond donors (Lipinski definition) is 1. The van der Waals surface area contributed by atoms with E-state index < -0.39 is 21.8 Å². The molecular weight excluding hydrogens is 379 g/mol. The number of rotatable bonds is 4. The third-order valence-electron chi connectivity index (χ3n) is 4.49. The molecule has 1 aliphatic rings. The van der Waals surface area contributed by atoms with E-state index >= 15 is 0 Å². The van der Waals surface area contributed by atoms with Gasteiger partial charge < -0.3 is 4.90 Å². The number of halogens is 3. The van der Waals surface area contributed by atoms with Crippen LogP contribution in [-0.2, 0) is 16.2 Å². The van der Waals surface area contributed by atoms with E-state index in [0.29, 0.717) is 32.0 Å². The molecule has 0 atom stereocenters. The highest BCUT2D eigenvalue weighted by Crippen LogP contribution is 2.30. The van der Waals surface area contributed by atoms with Gasteiger partial charge in [0.2, 0.25) is 10.0 Å². The van der Waals surface area contributed by atoms with Crippen molar-refractivity contribution in [2.75, 3.05) is 18.0 Å². The Balaban J connectivity index is 1.66. The van der Waals surface area contributed by atoms with Crippen LogP contribution in [0.25, 0.3) is 0 Å². The number of nitrogens with zero attached hydrogens (tertiary/aromatic N) is 2. The van der Waals surface area contributed by atoms with Crippen molar-refractivity contribution < 1.29 is 21.6 Å². The second-order valence-electron chi connectivity index (χ2n) is 6.55. The van der Waals surface area contributed by atoms with Crippen molar-refractivity contribution in [1.82, 2.24) is 9.71 Å². The van der Waals surface area contributed by atoms with Gasteiger partial charge in [0.05, 0.1) is 10.5 Å². The Bertz CT molecular complexity index is 908. The fourth-order valence-corrected chi connectivity index (χ4v) is 4.41. The van der Waals surface area contributed by atoms with Gasteiger partial charge in [-0.15, -0.1) is 0 Å². The highest BCUT2D eigenvalue weighted by Gasteiger charge is 2.32. The molecule has 1 saturated heterocycles. The smallest absolute Gasteiger partial charge is 0.356 e. The summed E-state index contributed by atoms with van der Waals surface area (Å²) >= 11 is 0. The standard InChI is InChI=1S/C18H20F3N3O2S/c1-13-4-2-7-17(22-13)24-10-8-15(9-11-24)23-27(25,26)16-6-3-5-14(12-16)18(19,20)21/h2-7,12,15,23H,8-11H2,1H3. The van der Waals surface area contributed by atoms with E-state index in [1.165, 1.54) is 6.07 Å². The summed E-state index contributed by atoms with van der Waals surface area (Å²) in [6.45, 7) is 3.14. The first-order valence-electron chi connectivity index (χ1n) is 8.53. The van der Waals surface area contributed by atoms with Gasteiger partial charge in [-0.05, 0) is 50.1 Å². The van der Waals surface area contributed by atoms with Gasteiger partial charge in [0.1, 0.15) is 5.82 Å². The predicted molar refractivity (Wildman–Crippen MR) is 96.0 cm³/mol. The number of sulfonamides is 1. The van der Waals surface area contributed by atoms with Crippen LogP contribution in [0.3, 0.4) is 0 Å². The van der Waals surface area contributed by atoms with Gasteiger partial charge in [-0.3, -0.25) is 0 Å². The molecule has 1 N–H and O–H groups in total. The Morgan fingerprint density at radius 1 is 1.11 bits per heavy atom. The molecule has 2 heterocycles. The van der Waals surface area contributed by atoms with Gasteiger partial charge in [0.25, 0.3) is 0 Å². The van der Waals surface area contributed by atoms with E-state index in [9.17, 15) is 21.6 Å². The van der Waals surface area contributed by atoms with Crippen LogP contribution in [-0.4, -0.2) is 32.5 Å². The zero-order valence-electron chi connectivity index (χ0n) is 14.7. The number of nitrogens with one attached hydrogen (secondary N) is 1. The molecule has 27 heavy (non-hydrogen) atoms. The molecule has 5 nitrogen and oxygen atoms in total. The number of piperidine rings is 1. The van der Waals surface area contributed by atoms with Crippen LogP contribution < -0.4 is 9.62 Å². The lowest BCUT2D eigenvalue weighted by Crippen LogP contribution is -2.44. The third kappa shape index (κ3) is 4.78. The summed E-state index contributed by atoms with van der Waals surface area (Å²) in [7, 11) is -4.02. The number of anilines is 1. The van der Waals surface area contributed by atoms with Crippen molar-refractivity contribution in [3.8, 4) is 0 Å². The van der Waals surface area contributed by atoms with Gasteiger partial charge in [0, 0.05) is 24.8 Å². The highest BCUT2D eigenvalue weighted by molar-refractivity contribution is 7.89. The Hall–Kier alpha value is -2.13. The van der Waals surface area contributed by atoms with Crippen LogP contribution in [0.5, 0.6) is 0 Å². The summed E-state index contributed by atoms with van der Waals surface area (Å²) in [6, 6.07) is 9.18. The molecule has 0 radical (unpaired) electrons. The van der Waals surface area contributed by atoms with Crippen LogP contribution in [0.1, 0.15) is 24.1 Å². The van der Waals surface area contributed by atoms with Crippen molar-refractivity contribution in [3.63, 3.8) is 0 Å². The average molecular weight is 399 g/mol. The lowest BCUT2D eigenvalue weighted by Gasteiger charge is -2.33. The predicted octanol–water partition coefficient (Wildman–Crippen LogP) is 3.36. The lowest BCUT2D eigenvalue weighted by molar-refractivity contribution is -0.137. The normalized spacial score (nSPS) is 16.5. The van der Waals surface area contributed by atoms with Crippen LogP contribution in [0.2, 0.25) is 0 Å². The minimum atomic E-state index is -4.59. The monoisotopic (exact) mass is 399 g/mol. The molecule has 146 valence electrons. The van der Waals surface area contributed by atoms with Crippen LogP contribution >= 0.6 is 0 Å². The zero-order valence-corrected chi connectivity index (χ0v) is 15.5. The van der Waals surface area contributed by atoms with Gasteiger partial charge in [0.15, 0.2) is 0 Å². The van der Waals surface area contributed by atoms with E-state index in [-0.39, 0.29) is 10.9 Å². The summed E-state index contributed by atoms with van der Waals surface area (Å²) in [5.74, 6) is 0.842. The number of hydrogen-bond acceptors (Lipinski definition) is 4. The Morgan fingerprint density at radius 2 is 1.78 bits per heavy atom. The van der Waals surface area contributed by atoms with Crippen molar-refractivity contribution >= 4 is 15.8 Å². The first kappa shape index (κ1) is 19.6. The van der Waals surface area contributed by atoms with E-state index in [4.69, 9.17) is 0 Å². The molecule has 0 bridgehead atoms.